The lowest BCUT2D eigenvalue weighted by atomic mass is 10.5. The number of anilines is 1. The van der Waals surface area contributed by atoms with Crippen molar-refractivity contribution in [3.8, 4) is 5.88 Å². The highest BCUT2D eigenvalue weighted by atomic mass is 16.5. The molecule has 0 radical (unpaired) electrons. The quantitative estimate of drug-likeness (QED) is 0.769. The molecular formula is C11H15N5O. The molecule has 6 nitrogen and oxygen atoms in total. The van der Waals surface area contributed by atoms with E-state index < -0.39 is 0 Å². The number of nitrogens with one attached hydrogen (secondary N) is 2. The minimum atomic E-state index is 0.479. The third-order valence-electron chi connectivity index (χ3n) is 2.14. The molecule has 0 aliphatic carbocycles. The number of aromatic amines is 1. The second kappa shape index (κ2) is 5.29. The van der Waals surface area contributed by atoms with Crippen LogP contribution in [0.3, 0.4) is 0 Å². The summed E-state index contributed by atoms with van der Waals surface area (Å²) in [5, 5.41) is 3.05. The van der Waals surface area contributed by atoms with Crippen LogP contribution in [-0.4, -0.2) is 33.1 Å². The fourth-order valence-electron chi connectivity index (χ4n) is 1.37. The largest absolute Gasteiger partial charge is 0.472 e. The molecule has 0 aliphatic rings. The second-order valence-corrected chi connectivity index (χ2v) is 3.36. The van der Waals surface area contributed by atoms with Gasteiger partial charge in [-0.1, -0.05) is 12.2 Å². The molecule has 2 aromatic heterocycles. The zero-order valence-electron chi connectivity index (χ0n) is 9.90. The van der Waals surface area contributed by atoms with E-state index in [-0.39, 0.29) is 0 Å². The van der Waals surface area contributed by atoms with Crippen LogP contribution in [0.5, 0.6) is 5.88 Å². The summed E-state index contributed by atoms with van der Waals surface area (Å²) in [7, 11) is 0. The van der Waals surface area contributed by atoms with E-state index in [1.807, 2.05) is 26.0 Å². The number of nitrogens with zero attached hydrogens (tertiary/aromatic N) is 3. The van der Waals surface area contributed by atoms with E-state index in [9.17, 15) is 0 Å². The Hall–Kier alpha value is -2.11. The second-order valence-electron chi connectivity index (χ2n) is 3.36. The molecule has 0 aliphatic heterocycles. The van der Waals surface area contributed by atoms with Crippen LogP contribution in [0.1, 0.15) is 13.8 Å². The van der Waals surface area contributed by atoms with Crippen molar-refractivity contribution >= 4 is 17.1 Å². The molecule has 2 rings (SSSR count). The zero-order valence-corrected chi connectivity index (χ0v) is 9.90. The van der Waals surface area contributed by atoms with E-state index in [0.717, 1.165) is 12.1 Å². The Labute approximate surface area is 99.1 Å². The van der Waals surface area contributed by atoms with Crippen LogP contribution in [0.15, 0.2) is 18.5 Å². The fourth-order valence-corrected chi connectivity index (χ4v) is 1.37. The zero-order chi connectivity index (χ0) is 12.1. The van der Waals surface area contributed by atoms with Crippen molar-refractivity contribution in [2.45, 2.75) is 13.8 Å². The standard InChI is InChI=1S/C11H15N5O/c1-3-5-6-17-10-8-9(14-7-13-8)15-11(16-10)12-4-2/h3,5,7H,4,6H2,1-2H3,(H2,12,13,14,15,16)/b5-3+. The van der Waals surface area contributed by atoms with Gasteiger partial charge in [-0.15, -0.1) is 0 Å². The van der Waals surface area contributed by atoms with Crippen molar-refractivity contribution in [2.75, 3.05) is 18.5 Å². The molecule has 0 fully saturated rings. The third kappa shape index (κ3) is 2.52. The molecule has 0 aromatic carbocycles. The van der Waals surface area contributed by atoms with Gasteiger partial charge in [0.15, 0.2) is 5.65 Å². The monoisotopic (exact) mass is 233 g/mol. The van der Waals surface area contributed by atoms with Crippen molar-refractivity contribution < 1.29 is 4.74 Å². The number of hydrogen-bond donors (Lipinski definition) is 2. The number of H-pyrrole nitrogens is 1. The summed E-state index contributed by atoms with van der Waals surface area (Å²) in [5.41, 5.74) is 1.32. The first-order valence-electron chi connectivity index (χ1n) is 5.54. The molecule has 17 heavy (non-hydrogen) atoms. The van der Waals surface area contributed by atoms with Crippen LogP contribution in [0, 0.1) is 0 Å². The van der Waals surface area contributed by atoms with E-state index in [4.69, 9.17) is 4.74 Å². The number of rotatable bonds is 5. The van der Waals surface area contributed by atoms with Crippen LogP contribution in [-0.2, 0) is 0 Å². The molecule has 0 saturated heterocycles. The summed E-state index contributed by atoms with van der Waals surface area (Å²) in [6.45, 7) is 5.16. The summed E-state index contributed by atoms with van der Waals surface area (Å²) in [6.07, 6.45) is 5.42. The Balaban J connectivity index is 2.32. The first-order chi connectivity index (χ1) is 8.35. The van der Waals surface area contributed by atoms with Gasteiger partial charge in [0, 0.05) is 6.54 Å². The lowest BCUT2D eigenvalue weighted by molar-refractivity contribution is 0.352. The summed E-state index contributed by atoms with van der Waals surface area (Å²) in [6, 6.07) is 0. The van der Waals surface area contributed by atoms with Crippen LogP contribution in [0.25, 0.3) is 11.2 Å². The lowest BCUT2D eigenvalue weighted by Crippen LogP contribution is -2.05. The molecule has 0 spiro atoms. The Morgan fingerprint density at radius 3 is 3.12 bits per heavy atom. The highest BCUT2D eigenvalue weighted by Gasteiger charge is 2.10. The summed E-state index contributed by atoms with van der Waals surface area (Å²) >= 11 is 0. The minimum absolute atomic E-state index is 0.479. The van der Waals surface area contributed by atoms with Gasteiger partial charge in [0.05, 0.1) is 6.33 Å². The molecule has 90 valence electrons. The van der Waals surface area contributed by atoms with Gasteiger partial charge in [-0.25, -0.2) is 4.98 Å². The lowest BCUT2D eigenvalue weighted by Gasteiger charge is -2.06. The molecule has 2 aromatic rings. The fraction of sp³-hybridized carbons (Fsp3) is 0.364. The minimum Gasteiger partial charge on any atom is -0.472 e. The predicted octanol–water partition coefficient (Wildman–Crippen LogP) is 1.74. The maximum atomic E-state index is 5.56. The number of hydrogen-bond acceptors (Lipinski definition) is 5. The highest BCUT2D eigenvalue weighted by Crippen LogP contribution is 2.20. The Bertz CT molecular complexity index is 520. The summed E-state index contributed by atoms with van der Waals surface area (Å²) < 4.78 is 5.56. The van der Waals surface area contributed by atoms with E-state index in [2.05, 4.69) is 25.3 Å². The molecule has 6 heteroatoms. The van der Waals surface area contributed by atoms with E-state index in [1.54, 1.807) is 6.33 Å². The normalized spacial score (nSPS) is 11.2. The molecule has 0 unspecified atom stereocenters. The topological polar surface area (TPSA) is 75.7 Å². The van der Waals surface area contributed by atoms with Gasteiger partial charge in [-0.05, 0) is 13.8 Å². The Morgan fingerprint density at radius 1 is 1.47 bits per heavy atom. The van der Waals surface area contributed by atoms with Crippen LogP contribution < -0.4 is 10.1 Å². The summed E-state index contributed by atoms with van der Waals surface area (Å²) in [4.78, 5) is 15.6. The number of aromatic nitrogens is 4. The maximum absolute atomic E-state index is 5.56. The van der Waals surface area contributed by atoms with Crippen molar-refractivity contribution in [2.24, 2.45) is 0 Å². The third-order valence-corrected chi connectivity index (χ3v) is 2.14. The first-order valence-corrected chi connectivity index (χ1v) is 5.54. The molecule has 2 heterocycles. The average molecular weight is 233 g/mol. The van der Waals surface area contributed by atoms with Gasteiger partial charge < -0.3 is 15.0 Å². The smallest absolute Gasteiger partial charge is 0.245 e. The Morgan fingerprint density at radius 2 is 2.35 bits per heavy atom. The van der Waals surface area contributed by atoms with Gasteiger partial charge in [0.25, 0.3) is 0 Å². The van der Waals surface area contributed by atoms with E-state index in [0.29, 0.717) is 24.1 Å². The maximum Gasteiger partial charge on any atom is 0.245 e. The Kier molecular flexibility index (Phi) is 3.54. The molecule has 0 bridgehead atoms. The van der Waals surface area contributed by atoms with Crippen LogP contribution >= 0.6 is 0 Å². The molecule has 2 N–H and O–H groups in total. The van der Waals surface area contributed by atoms with Gasteiger partial charge in [-0.3, -0.25) is 0 Å². The predicted molar refractivity (Wildman–Crippen MR) is 66.2 cm³/mol. The van der Waals surface area contributed by atoms with Gasteiger partial charge >= 0.3 is 0 Å². The van der Waals surface area contributed by atoms with Gasteiger partial charge in [0.1, 0.15) is 12.1 Å². The van der Waals surface area contributed by atoms with E-state index >= 15 is 0 Å². The number of allylic oxidation sites excluding steroid dienone is 1. The molecule has 0 amide bonds. The van der Waals surface area contributed by atoms with Crippen molar-refractivity contribution in [3.63, 3.8) is 0 Å². The number of fused-ring (bicyclic) bond motifs is 1. The molecule has 0 atom stereocenters. The first kappa shape index (κ1) is 11.4. The van der Waals surface area contributed by atoms with Gasteiger partial charge in [-0.2, -0.15) is 9.97 Å². The van der Waals surface area contributed by atoms with Crippen molar-refractivity contribution in [3.05, 3.63) is 18.5 Å². The van der Waals surface area contributed by atoms with Crippen LogP contribution in [0.2, 0.25) is 0 Å². The van der Waals surface area contributed by atoms with Crippen molar-refractivity contribution in [1.29, 1.82) is 0 Å². The van der Waals surface area contributed by atoms with Crippen molar-refractivity contribution in [1.82, 2.24) is 19.9 Å². The number of imidazole rings is 1. The SMILES string of the molecule is C/C=C/COc1nc(NCC)nc2nc[nH]c12. The average Bonchev–Trinajstić information content (AvgIpc) is 2.78. The number of ether oxygens (including phenoxy) is 1. The molecule has 0 saturated carbocycles. The molecular weight excluding hydrogens is 218 g/mol. The van der Waals surface area contributed by atoms with Crippen LogP contribution in [0.4, 0.5) is 5.95 Å². The summed E-state index contributed by atoms with van der Waals surface area (Å²) in [5.74, 6) is 1.05. The van der Waals surface area contributed by atoms with E-state index in [1.165, 1.54) is 0 Å². The van der Waals surface area contributed by atoms with Gasteiger partial charge in [0.2, 0.25) is 11.8 Å². The highest BCUT2D eigenvalue weighted by molar-refractivity contribution is 5.76.